The fourth-order valence-electron chi connectivity index (χ4n) is 3.24. The zero-order chi connectivity index (χ0) is 18.4. The lowest BCUT2D eigenvalue weighted by Crippen LogP contribution is -2.57. The highest BCUT2D eigenvalue weighted by atomic mass is 79.9. The van der Waals surface area contributed by atoms with Gasteiger partial charge in [-0.05, 0) is 37.0 Å². The minimum atomic E-state index is -1.18. The molecular weight excluding hydrogens is 394 g/mol. The van der Waals surface area contributed by atoms with Crippen molar-refractivity contribution in [2.24, 2.45) is 0 Å². The molecule has 0 aliphatic heterocycles. The van der Waals surface area contributed by atoms with Gasteiger partial charge >= 0.3 is 5.97 Å². The summed E-state index contributed by atoms with van der Waals surface area (Å²) in [7, 11) is 0. The molecular formula is C21H22BrNO3. The Labute approximate surface area is 162 Å². The largest absolute Gasteiger partial charge is 0.444 e. The normalized spacial score (nSPS) is 22.4. The van der Waals surface area contributed by atoms with Crippen LogP contribution >= 0.6 is 15.9 Å². The van der Waals surface area contributed by atoms with Crippen molar-refractivity contribution in [1.82, 2.24) is 5.32 Å². The molecule has 1 saturated carbocycles. The van der Waals surface area contributed by atoms with Crippen LogP contribution in [0.2, 0.25) is 0 Å². The van der Waals surface area contributed by atoms with Crippen molar-refractivity contribution in [2.45, 2.75) is 42.7 Å². The van der Waals surface area contributed by atoms with Crippen LogP contribution in [-0.4, -0.2) is 22.3 Å². The summed E-state index contributed by atoms with van der Waals surface area (Å²) in [5, 5.41) is 2.95. The highest BCUT2D eigenvalue weighted by Gasteiger charge is 2.49. The van der Waals surface area contributed by atoms with Gasteiger partial charge in [0.1, 0.15) is 0 Å². The standard InChI is InChI=1S/C21H22BrNO3/c22-18-13-7-8-14-21(18,26-19(24)17-11-5-2-6-12-17)20(25)23-15-16-9-3-1-4-10-16/h1-6,9-12,18H,7-8,13-15H2,(H,23,25)/t18-,21-/m0/s1. The molecule has 1 aliphatic rings. The van der Waals surface area contributed by atoms with Crippen molar-refractivity contribution in [3.05, 3.63) is 71.8 Å². The second-order valence-electron chi connectivity index (χ2n) is 6.53. The number of halogens is 1. The van der Waals surface area contributed by atoms with E-state index in [0.29, 0.717) is 18.5 Å². The second-order valence-corrected chi connectivity index (χ2v) is 7.63. The fraction of sp³-hybridized carbons (Fsp3) is 0.333. The Bertz CT molecular complexity index is 750. The molecule has 3 rings (SSSR count). The van der Waals surface area contributed by atoms with Gasteiger partial charge in [0, 0.05) is 6.54 Å². The van der Waals surface area contributed by atoms with Gasteiger partial charge in [-0.1, -0.05) is 70.9 Å². The third-order valence-corrected chi connectivity index (χ3v) is 5.92. The summed E-state index contributed by atoms with van der Waals surface area (Å²) in [6, 6.07) is 18.5. The number of rotatable bonds is 5. The second kappa shape index (κ2) is 8.49. The van der Waals surface area contributed by atoms with E-state index in [1.54, 1.807) is 24.3 Å². The molecule has 0 bridgehead atoms. The van der Waals surface area contributed by atoms with Gasteiger partial charge in [0.25, 0.3) is 5.91 Å². The lowest BCUT2D eigenvalue weighted by atomic mass is 9.83. The number of carbonyl (C=O) groups excluding carboxylic acids is 2. The average Bonchev–Trinajstić information content (AvgIpc) is 2.69. The van der Waals surface area contributed by atoms with Crippen molar-refractivity contribution in [3.63, 3.8) is 0 Å². The van der Waals surface area contributed by atoms with Crippen molar-refractivity contribution in [2.75, 3.05) is 0 Å². The molecule has 2 aromatic carbocycles. The predicted octanol–water partition coefficient (Wildman–Crippen LogP) is 4.24. The van der Waals surface area contributed by atoms with E-state index in [-0.39, 0.29) is 10.7 Å². The smallest absolute Gasteiger partial charge is 0.339 e. The molecule has 1 fully saturated rings. The van der Waals surface area contributed by atoms with Crippen LogP contribution in [0.25, 0.3) is 0 Å². The number of alkyl halides is 1. The number of ether oxygens (including phenoxy) is 1. The van der Waals surface area contributed by atoms with Crippen molar-refractivity contribution in [1.29, 1.82) is 0 Å². The van der Waals surface area contributed by atoms with Gasteiger partial charge in [0.15, 0.2) is 0 Å². The zero-order valence-electron chi connectivity index (χ0n) is 14.5. The first-order valence-corrected chi connectivity index (χ1v) is 9.78. The van der Waals surface area contributed by atoms with Crippen LogP contribution in [0.4, 0.5) is 0 Å². The molecule has 5 heteroatoms. The SMILES string of the molecule is O=C(O[C@@]1(C(=O)NCc2ccccc2)CCCC[C@@H]1Br)c1ccccc1. The van der Waals surface area contributed by atoms with Crippen LogP contribution in [0.3, 0.4) is 0 Å². The fourth-order valence-corrected chi connectivity index (χ4v) is 4.10. The first-order chi connectivity index (χ1) is 12.6. The maximum Gasteiger partial charge on any atom is 0.339 e. The molecule has 1 amide bonds. The molecule has 0 aromatic heterocycles. The molecule has 4 nitrogen and oxygen atoms in total. The minimum absolute atomic E-state index is 0.202. The van der Waals surface area contributed by atoms with E-state index in [2.05, 4.69) is 21.2 Å². The highest BCUT2D eigenvalue weighted by Crippen LogP contribution is 2.38. The summed E-state index contributed by atoms with van der Waals surface area (Å²) in [5.74, 6) is -0.709. The van der Waals surface area contributed by atoms with Crippen molar-refractivity contribution in [3.8, 4) is 0 Å². The van der Waals surface area contributed by atoms with Gasteiger partial charge < -0.3 is 10.1 Å². The summed E-state index contributed by atoms with van der Waals surface area (Å²) in [5.41, 5.74) is 0.278. The Morgan fingerprint density at radius 2 is 1.69 bits per heavy atom. The Morgan fingerprint density at radius 1 is 1.04 bits per heavy atom. The predicted molar refractivity (Wildman–Crippen MR) is 104 cm³/mol. The molecule has 0 heterocycles. The van der Waals surface area contributed by atoms with E-state index in [1.807, 2.05) is 36.4 Å². The van der Waals surface area contributed by atoms with Gasteiger partial charge in [-0.3, -0.25) is 4.79 Å². The average molecular weight is 416 g/mol. The maximum atomic E-state index is 13.1. The Balaban J connectivity index is 1.77. The van der Waals surface area contributed by atoms with E-state index in [9.17, 15) is 9.59 Å². The van der Waals surface area contributed by atoms with Crippen LogP contribution < -0.4 is 5.32 Å². The quantitative estimate of drug-likeness (QED) is 0.586. The molecule has 2 atom stereocenters. The molecule has 136 valence electrons. The minimum Gasteiger partial charge on any atom is -0.444 e. The summed E-state index contributed by atoms with van der Waals surface area (Å²) in [6.07, 6.45) is 3.17. The molecule has 1 aliphatic carbocycles. The summed E-state index contributed by atoms with van der Waals surface area (Å²) in [6.45, 7) is 0.407. The molecule has 1 N–H and O–H groups in total. The summed E-state index contributed by atoms with van der Waals surface area (Å²) in [4.78, 5) is 25.5. The Hall–Kier alpha value is -2.14. The van der Waals surface area contributed by atoms with E-state index in [4.69, 9.17) is 4.74 Å². The van der Waals surface area contributed by atoms with Crippen LogP contribution in [0, 0.1) is 0 Å². The van der Waals surface area contributed by atoms with Gasteiger partial charge in [0.2, 0.25) is 5.60 Å². The number of esters is 1. The van der Waals surface area contributed by atoms with Crippen LogP contribution in [0.1, 0.15) is 41.6 Å². The molecule has 0 spiro atoms. The molecule has 0 radical (unpaired) electrons. The zero-order valence-corrected chi connectivity index (χ0v) is 16.1. The molecule has 0 unspecified atom stereocenters. The monoisotopic (exact) mass is 415 g/mol. The van der Waals surface area contributed by atoms with Gasteiger partial charge in [-0.2, -0.15) is 0 Å². The number of hydrogen-bond donors (Lipinski definition) is 1. The van der Waals surface area contributed by atoms with E-state index >= 15 is 0 Å². The van der Waals surface area contributed by atoms with Crippen LogP contribution in [0.15, 0.2) is 60.7 Å². The Morgan fingerprint density at radius 3 is 2.35 bits per heavy atom. The number of hydrogen-bond acceptors (Lipinski definition) is 3. The van der Waals surface area contributed by atoms with E-state index < -0.39 is 11.6 Å². The van der Waals surface area contributed by atoms with Gasteiger partial charge in [0.05, 0.1) is 10.4 Å². The van der Waals surface area contributed by atoms with E-state index in [0.717, 1.165) is 24.8 Å². The molecule has 0 saturated heterocycles. The number of benzene rings is 2. The van der Waals surface area contributed by atoms with Crippen LogP contribution in [0.5, 0.6) is 0 Å². The summed E-state index contributed by atoms with van der Waals surface area (Å²) < 4.78 is 5.83. The number of amides is 1. The lowest BCUT2D eigenvalue weighted by molar-refractivity contribution is -0.143. The first kappa shape index (κ1) is 18.6. The Kier molecular flexibility index (Phi) is 6.09. The van der Waals surface area contributed by atoms with Crippen molar-refractivity contribution >= 4 is 27.8 Å². The molecule has 26 heavy (non-hydrogen) atoms. The van der Waals surface area contributed by atoms with Gasteiger partial charge in [-0.25, -0.2) is 4.79 Å². The van der Waals surface area contributed by atoms with Gasteiger partial charge in [-0.15, -0.1) is 0 Å². The maximum absolute atomic E-state index is 13.1. The van der Waals surface area contributed by atoms with E-state index in [1.165, 1.54) is 0 Å². The number of nitrogens with one attached hydrogen (secondary N) is 1. The van der Waals surface area contributed by atoms with Crippen molar-refractivity contribution < 1.29 is 14.3 Å². The lowest BCUT2D eigenvalue weighted by Gasteiger charge is -2.39. The highest BCUT2D eigenvalue weighted by molar-refractivity contribution is 9.09. The third-order valence-electron chi connectivity index (χ3n) is 4.73. The number of carbonyl (C=O) groups is 2. The third kappa shape index (κ3) is 4.15. The topological polar surface area (TPSA) is 55.4 Å². The van der Waals surface area contributed by atoms with Crippen LogP contribution in [-0.2, 0) is 16.1 Å². The first-order valence-electron chi connectivity index (χ1n) is 8.86. The molecule has 2 aromatic rings. The summed E-state index contributed by atoms with van der Waals surface area (Å²) >= 11 is 3.60.